The highest BCUT2D eigenvalue weighted by atomic mass is 19.1. The van der Waals surface area contributed by atoms with Crippen LogP contribution in [0.25, 0.3) is 5.57 Å². The molecule has 164 valence electrons. The Morgan fingerprint density at radius 3 is 2.57 bits per heavy atom. The van der Waals surface area contributed by atoms with Crippen LogP contribution in [-0.4, -0.2) is 46.7 Å². The molecule has 1 aromatic rings. The van der Waals surface area contributed by atoms with E-state index in [0.717, 1.165) is 11.6 Å². The third-order valence-corrected chi connectivity index (χ3v) is 5.70. The zero-order chi connectivity index (χ0) is 22.1. The summed E-state index contributed by atoms with van der Waals surface area (Å²) in [7, 11) is 0. The molecule has 1 aromatic carbocycles. The quantitative estimate of drug-likeness (QED) is 0.400. The van der Waals surface area contributed by atoms with E-state index in [1.807, 2.05) is 11.0 Å². The molecule has 0 saturated heterocycles. The van der Waals surface area contributed by atoms with Crippen molar-refractivity contribution in [1.82, 2.24) is 4.90 Å². The molecule has 0 spiro atoms. The van der Waals surface area contributed by atoms with Crippen LogP contribution in [-0.2, 0) is 9.53 Å². The lowest BCUT2D eigenvalue weighted by molar-refractivity contribution is -0.385. The van der Waals surface area contributed by atoms with Crippen molar-refractivity contribution < 1.29 is 23.2 Å². The van der Waals surface area contributed by atoms with E-state index in [2.05, 4.69) is 0 Å². The lowest BCUT2D eigenvalue weighted by Gasteiger charge is -2.40. The van der Waals surface area contributed by atoms with Crippen LogP contribution >= 0.6 is 0 Å². The van der Waals surface area contributed by atoms with Gasteiger partial charge in [0, 0.05) is 30.8 Å². The lowest BCUT2D eigenvalue weighted by atomic mass is 9.83. The molecule has 1 fully saturated rings. The van der Waals surface area contributed by atoms with Crippen LogP contribution in [0, 0.1) is 21.8 Å². The van der Waals surface area contributed by atoms with E-state index in [9.17, 15) is 23.7 Å². The molecule has 0 bridgehead atoms. The first kappa shape index (κ1) is 22.3. The molecule has 8 heteroatoms. The summed E-state index contributed by atoms with van der Waals surface area (Å²) in [6.07, 6.45) is 2.59. The first-order valence-electron chi connectivity index (χ1n) is 10.3. The number of benzene rings is 1. The maximum atomic E-state index is 14.9. The van der Waals surface area contributed by atoms with Crippen molar-refractivity contribution in [3.8, 4) is 0 Å². The molecule has 1 heterocycles. The van der Waals surface area contributed by atoms with E-state index in [1.54, 1.807) is 20.8 Å². The summed E-state index contributed by atoms with van der Waals surface area (Å²) in [5, 5.41) is 10.8. The normalized spacial score (nSPS) is 25.5. The van der Waals surface area contributed by atoms with E-state index in [4.69, 9.17) is 4.74 Å². The Labute approximate surface area is 175 Å². The summed E-state index contributed by atoms with van der Waals surface area (Å²) in [5.74, 6) is -1.37. The van der Waals surface area contributed by atoms with Crippen LogP contribution in [0.4, 0.5) is 14.5 Å². The van der Waals surface area contributed by atoms with E-state index < -0.39 is 28.4 Å². The number of hydrogen-bond acceptors (Lipinski definition) is 5. The predicted molar refractivity (Wildman–Crippen MR) is 109 cm³/mol. The summed E-state index contributed by atoms with van der Waals surface area (Å²) in [5.41, 5.74) is 0.263. The molecule has 30 heavy (non-hydrogen) atoms. The van der Waals surface area contributed by atoms with Crippen molar-refractivity contribution >= 4 is 17.2 Å². The van der Waals surface area contributed by atoms with Crippen LogP contribution < -0.4 is 0 Å². The summed E-state index contributed by atoms with van der Waals surface area (Å²) < 4.78 is 34.6. The number of nitrogens with zero attached hydrogens (tertiary/aromatic N) is 2. The lowest BCUT2D eigenvalue weighted by Crippen LogP contribution is -2.48. The summed E-state index contributed by atoms with van der Waals surface area (Å²) in [6.45, 7) is 6.46. The molecule has 0 N–H and O–H groups in total. The van der Waals surface area contributed by atoms with Crippen molar-refractivity contribution in [3.05, 3.63) is 45.8 Å². The van der Waals surface area contributed by atoms with E-state index in [1.165, 1.54) is 12.1 Å². The summed E-state index contributed by atoms with van der Waals surface area (Å²) in [4.78, 5) is 24.4. The average molecular weight is 422 g/mol. The largest absolute Gasteiger partial charge is 0.460 e. The molecule has 1 aliphatic carbocycles. The Balaban J connectivity index is 1.61. The van der Waals surface area contributed by atoms with Crippen molar-refractivity contribution in [1.29, 1.82) is 0 Å². The third-order valence-electron chi connectivity index (χ3n) is 5.70. The molecule has 1 aliphatic heterocycles. The monoisotopic (exact) mass is 422 g/mol. The minimum absolute atomic E-state index is 0.156. The second-order valence-electron chi connectivity index (χ2n) is 9.02. The van der Waals surface area contributed by atoms with Gasteiger partial charge in [-0.25, -0.2) is 8.78 Å². The van der Waals surface area contributed by atoms with Crippen molar-refractivity contribution in [2.45, 2.75) is 64.3 Å². The van der Waals surface area contributed by atoms with E-state index in [0.29, 0.717) is 37.9 Å². The van der Waals surface area contributed by atoms with Crippen LogP contribution in [0.15, 0.2) is 24.3 Å². The fraction of sp³-hybridized carbons (Fsp3) is 0.591. The number of ether oxygens (including phenoxy) is 1. The molecule has 6 nitrogen and oxygen atoms in total. The van der Waals surface area contributed by atoms with Gasteiger partial charge in [0.2, 0.25) is 0 Å². The van der Waals surface area contributed by atoms with Crippen molar-refractivity contribution in [3.63, 3.8) is 0 Å². The first-order chi connectivity index (χ1) is 14.0. The highest BCUT2D eigenvalue weighted by Gasteiger charge is 2.39. The van der Waals surface area contributed by atoms with Gasteiger partial charge in [0.25, 0.3) is 5.69 Å². The molecular formula is C22H28F2N2O4. The molecule has 3 unspecified atom stereocenters. The minimum atomic E-state index is -1.12. The number of alkyl halides is 1. The van der Waals surface area contributed by atoms with Crippen molar-refractivity contribution in [2.24, 2.45) is 5.92 Å². The molecule has 1 saturated carbocycles. The average Bonchev–Trinajstić information content (AvgIpc) is 2.66. The smallest absolute Gasteiger partial charge is 0.309 e. The first-order valence-corrected chi connectivity index (χ1v) is 10.3. The summed E-state index contributed by atoms with van der Waals surface area (Å²) >= 11 is 0. The Bertz CT molecular complexity index is 850. The van der Waals surface area contributed by atoms with Crippen LogP contribution in [0.1, 0.15) is 52.0 Å². The molecule has 0 aromatic heterocycles. The number of esters is 1. The molecule has 2 aliphatic rings. The Morgan fingerprint density at radius 1 is 1.30 bits per heavy atom. The van der Waals surface area contributed by atoms with Gasteiger partial charge in [-0.2, -0.15) is 0 Å². The molecule has 3 atom stereocenters. The van der Waals surface area contributed by atoms with Gasteiger partial charge in [-0.3, -0.25) is 19.8 Å². The molecular weight excluding hydrogens is 394 g/mol. The molecule has 0 amide bonds. The Kier molecular flexibility index (Phi) is 6.55. The highest BCUT2D eigenvalue weighted by Crippen LogP contribution is 2.34. The standard InChI is InChI=1S/C22H28F2N2O4/c1-22(2,3)30-21(27)15-4-7-20(19(24)12-15)25-10-8-14(9-11-25)17-6-5-16(26(28)29)13-18(17)23/h5-6,8,13,15,19-20H,4,7,9-12H2,1-3H3. The zero-order valence-corrected chi connectivity index (χ0v) is 17.6. The van der Waals surface area contributed by atoms with Gasteiger partial charge in [-0.15, -0.1) is 0 Å². The second kappa shape index (κ2) is 8.79. The van der Waals surface area contributed by atoms with Gasteiger partial charge in [0.15, 0.2) is 0 Å². The summed E-state index contributed by atoms with van der Waals surface area (Å²) in [6, 6.07) is 3.38. The van der Waals surface area contributed by atoms with Gasteiger partial charge >= 0.3 is 5.97 Å². The van der Waals surface area contributed by atoms with Gasteiger partial charge < -0.3 is 4.74 Å². The van der Waals surface area contributed by atoms with Gasteiger partial charge in [0.05, 0.1) is 16.9 Å². The minimum Gasteiger partial charge on any atom is -0.460 e. The number of non-ortho nitro benzene ring substituents is 1. The maximum absolute atomic E-state index is 14.9. The zero-order valence-electron chi connectivity index (χ0n) is 17.6. The number of halogens is 2. The Morgan fingerprint density at radius 2 is 2.03 bits per heavy atom. The maximum Gasteiger partial charge on any atom is 0.309 e. The Hall–Kier alpha value is -2.35. The predicted octanol–water partition coefficient (Wildman–Crippen LogP) is 4.67. The number of hydrogen-bond donors (Lipinski definition) is 0. The number of nitro benzene ring substituents is 1. The van der Waals surface area contributed by atoms with Crippen molar-refractivity contribution in [2.75, 3.05) is 13.1 Å². The third kappa shape index (κ3) is 5.22. The van der Waals surface area contributed by atoms with Gasteiger partial charge in [-0.05, 0) is 58.1 Å². The number of carbonyl (C=O) groups is 1. The second-order valence-corrected chi connectivity index (χ2v) is 9.02. The topological polar surface area (TPSA) is 72.7 Å². The van der Waals surface area contributed by atoms with Gasteiger partial charge in [0.1, 0.15) is 17.6 Å². The van der Waals surface area contributed by atoms with Crippen LogP contribution in [0.2, 0.25) is 0 Å². The van der Waals surface area contributed by atoms with Gasteiger partial charge in [-0.1, -0.05) is 6.08 Å². The van der Waals surface area contributed by atoms with E-state index in [-0.39, 0.29) is 24.1 Å². The molecule has 3 rings (SSSR count). The van der Waals surface area contributed by atoms with Crippen LogP contribution in [0.5, 0.6) is 0 Å². The number of rotatable bonds is 4. The number of nitro groups is 1. The number of carbonyl (C=O) groups excluding carboxylic acids is 1. The van der Waals surface area contributed by atoms with Crippen LogP contribution in [0.3, 0.4) is 0 Å². The molecule has 0 radical (unpaired) electrons. The highest BCUT2D eigenvalue weighted by molar-refractivity contribution is 5.73. The fourth-order valence-corrected chi connectivity index (χ4v) is 4.22. The van der Waals surface area contributed by atoms with E-state index >= 15 is 0 Å². The SMILES string of the molecule is CC(C)(C)OC(=O)C1CCC(N2CC=C(c3ccc([N+](=O)[O-])cc3F)CC2)C(F)C1. The fourth-order valence-electron chi connectivity index (χ4n) is 4.22.